The van der Waals surface area contributed by atoms with Crippen LogP contribution in [-0.2, 0) is 0 Å². The standard InChI is InChI=1S/C47H29N3O/c1-3-11-30(12-4-1)32-19-22-33(23-20-32)43-39-18-10-9-17-36(39)28-42-44(43)40-26-25-38(29-41(40)51-42)47-49-45(34-14-5-2-6-15-34)48-46(50-47)37-24-21-31-13-7-8-16-35(31)27-37/h1-29H. The summed E-state index contributed by atoms with van der Waals surface area (Å²) in [7, 11) is 0. The lowest BCUT2D eigenvalue weighted by Gasteiger charge is -2.11. The maximum Gasteiger partial charge on any atom is 0.164 e. The molecule has 4 nitrogen and oxygen atoms in total. The lowest BCUT2D eigenvalue weighted by Crippen LogP contribution is -2.00. The Morgan fingerprint density at radius 1 is 0.314 bits per heavy atom. The fourth-order valence-corrected chi connectivity index (χ4v) is 7.18. The van der Waals surface area contributed by atoms with Gasteiger partial charge in [0.25, 0.3) is 0 Å². The molecule has 51 heavy (non-hydrogen) atoms. The Bertz CT molecular complexity index is 2900. The van der Waals surface area contributed by atoms with Gasteiger partial charge in [-0.05, 0) is 62.5 Å². The van der Waals surface area contributed by atoms with Crippen molar-refractivity contribution >= 4 is 43.5 Å². The second kappa shape index (κ2) is 11.9. The third-order valence-electron chi connectivity index (χ3n) is 9.70. The third-order valence-corrected chi connectivity index (χ3v) is 9.70. The van der Waals surface area contributed by atoms with Crippen molar-refractivity contribution in [1.82, 2.24) is 15.0 Å². The van der Waals surface area contributed by atoms with E-state index in [1.807, 2.05) is 36.4 Å². The van der Waals surface area contributed by atoms with Gasteiger partial charge >= 0.3 is 0 Å². The van der Waals surface area contributed by atoms with Gasteiger partial charge in [0.1, 0.15) is 11.2 Å². The molecule has 10 rings (SSSR count). The van der Waals surface area contributed by atoms with E-state index in [-0.39, 0.29) is 0 Å². The van der Waals surface area contributed by atoms with Crippen LogP contribution < -0.4 is 0 Å². The Morgan fingerprint density at radius 3 is 1.59 bits per heavy atom. The summed E-state index contributed by atoms with van der Waals surface area (Å²) in [4.78, 5) is 15.0. The van der Waals surface area contributed by atoms with Gasteiger partial charge in [-0.2, -0.15) is 0 Å². The van der Waals surface area contributed by atoms with Crippen LogP contribution >= 0.6 is 0 Å². The van der Waals surface area contributed by atoms with E-state index >= 15 is 0 Å². The molecule has 0 saturated carbocycles. The fraction of sp³-hybridized carbons (Fsp3) is 0. The highest BCUT2D eigenvalue weighted by atomic mass is 16.3. The lowest BCUT2D eigenvalue weighted by atomic mass is 9.92. The summed E-state index contributed by atoms with van der Waals surface area (Å²) in [5.41, 5.74) is 9.07. The Morgan fingerprint density at radius 2 is 0.843 bits per heavy atom. The summed E-state index contributed by atoms with van der Waals surface area (Å²) in [6.07, 6.45) is 0. The number of hydrogen-bond acceptors (Lipinski definition) is 4. The van der Waals surface area contributed by atoms with E-state index in [4.69, 9.17) is 19.4 Å². The average molecular weight is 652 g/mol. The molecular weight excluding hydrogens is 623 g/mol. The molecule has 4 heteroatoms. The van der Waals surface area contributed by atoms with Crippen LogP contribution in [0.2, 0.25) is 0 Å². The normalized spacial score (nSPS) is 11.5. The average Bonchev–Trinajstić information content (AvgIpc) is 3.57. The summed E-state index contributed by atoms with van der Waals surface area (Å²) < 4.78 is 6.68. The predicted molar refractivity (Wildman–Crippen MR) is 209 cm³/mol. The molecule has 10 aromatic rings. The first-order valence-electron chi connectivity index (χ1n) is 17.1. The highest BCUT2D eigenvalue weighted by Gasteiger charge is 2.19. The van der Waals surface area contributed by atoms with Gasteiger partial charge < -0.3 is 4.42 Å². The van der Waals surface area contributed by atoms with Gasteiger partial charge in [0.2, 0.25) is 0 Å². The Kier molecular flexibility index (Phi) is 6.78. The Labute approximate surface area is 294 Å². The maximum atomic E-state index is 6.68. The highest BCUT2D eigenvalue weighted by Crippen LogP contribution is 2.43. The minimum atomic E-state index is 0.594. The first-order valence-corrected chi connectivity index (χ1v) is 17.1. The number of benzene rings is 8. The molecule has 0 radical (unpaired) electrons. The zero-order valence-corrected chi connectivity index (χ0v) is 27.5. The summed E-state index contributed by atoms with van der Waals surface area (Å²) in [6.45, 7) is 0. The number of hydrogen-bond donors (Lipinski definition) is 0. The van der Waals surface area contributed by atoms with E-state index in [2.05, 4.69) is 140 Å². The molecule has 0 aliphatic carbocycles. The fourth-order valence-electron chi connectivity index (χ4n) is 7.18. The number of nitrogens with zero attached hydrogens (tertiary/aromatic N) is 3. The molecule has 0 N–H and O–H groups in total. The van der Waals surface area contributed by atoms with E-state index in [0.717, 1.165) is 55.0 Å². The number of furan rings is 1. The van der Waals surface area contributed by atoms with Crippen LogP contribution in [0.3, 0.4) is 0 Å². The second-order valence-corrected chi connectivity index (χ2v) is 12.8. The summed E-state index contributed by atoms with van der Waals surface area (Å²) in [5.74, 6) is 1.85. The molecule has 0 bridgehead atoms. The van der Waals surface area contributed by atoms with Gasteiger partial charge in [-0.25, -0.2) is 15.0 Å². The lowest BCUT2D eigenvalue weighted by molar-refractivity contribution is 0.669. The number of rotatable bonds is 5. The van der Waals surface area contributed by atoms with E-state index in [1.54, 1.807) is 0 Å². The number of aromatic nitrogens is 3. The molecule has 0 atom stereocenters. The third kappa shape index (κ3) is 5.13. The molecule has 0 spiro atoms. The van der Waals surface area contributed by atoms with Gasteiger partial charge in [0.05, 0.1) is 0 Å². The molecular formula is C47H29N3O. The predicted octanol–water partition coefficient (Wildman–Crippen LogP) is 12.4. The topological polar surface area (TPSA) is 51.8 Å². The van der Waals surface area contributed by atoms with Crippen molar-refractivity contribution in [3.63, 3.8) is 0 Å². The van der Waals surface area contributed by atoms with E-state index in [9.17, 15) is 0 Å². The molecule has 8 aromatic carbocycles. The van der Waals surface area contributed by atoms with Crippen molar-refractivity contribution in [2.24, 2.45) is 0 Å². The van der Waals surface area contributed by atoms with E-state index in [1.165, 1.54) is 27.5 Å². The van der Waals surface area contributed by atoms with Crippen LogP contribution in [0.25, 0.3) is 99.9 Å². The van der Waals surface area contributed by atoms with Gasteiger partial charge in [-0.3, -0.25) is 0 Å². The molecule has 0 saturated heterocycles. The molecule has 2 heterocycles. The smallest absolute Gasteiger partial charge is 0.164 e. The van der Waals surface area contributed by atoms with Crippen LogP contribution in [-0.4, -0.2) is 15.0 Å². The van der Waals surface area contributed by atoms with Gasteiger partial charge in [-0.15, -0.1) is 0 Å². The minimum absolute atomic E-state index is 0.594. The Balaban J connectivity index is 1.15. The van der Waals surface area contributed by atoms with Gasteiger partial charge in [0.15, 0.2) is 17.5 Å². The molecule has 238 valence electrons. The monoisotopic (exact) mass is 651 g/mol. The minimum Gasteiger partial charge on any atom is -0.456 e. The van der Waals surface area contributed by atoms with Gasteiger partial charge in [-0.1, -0.05) is 152 Å². The highest BCUT2D eigenvalue weighted by molar-refractivity contribution is 6.21. The van der Waals surface area contributed by atoms with Crippen molar-refractivity contribution in [1.29, 1.82) is 0 Å². The Hall–Kier alpha value is -6.91. The van der Waals surface area contributed by atoms with Crippen molar-refractivity contribution < 1.29 is 4.42 Å². The largest absolute Gasteiger partial charge is 0.456 e. The zero-order valence-electron chi connectivity index (χ0n) is 27.5. The SMILES string of the molecule is c1ccc(-c2ccc(-c3c4ccccc4cc4oc5cc(-c6nc(-c7ccccc7)nc(-c7ccc8ccccc8c7)n6)ccc5c34)cc2)cc1. The van der Waals surface area contributed by atoms with Crippen LogP contribution in [0.4, 0.5) is 0 Å². The molecule has 0 fully saturated rings. The molecule has 0 aliphatic heterocycles. The van der Waals surface area contributed by atoms with Crippen molar-refractivity contribution in [3.8, 4) is 56.4 Å². The summed E-state index contributed by atoms with van der Waals surface area (Å²) >= 11 is 0. The molecule has 0 aliphatic rings. The van der Waals surface area contributed by atoms with Crippen LogP contribution in [0.5, 0.6) is 0 Å². The van der Waals surface area contributed by atoms with Crippen molar-refractivity contribution in [2.75, 3.05) is 0 Å². The van der Waals surface area contributed by atoms with E-state index in [0.29, 0.717) is 17.5 Å². The molecule has 2 aromatic heterocycles. The first-order chi connectivity index (χ1) is 25.2. The van der Waals surface area contributed by atoms with Crippen LogP contribution in [0, 0.1) is 0 Å². The second-order valence-electron chi connectivity index (χ2n) is 12.8. The van der Waals surface area contributed by atoms with E-state index < -0.39 is 0 Å². The zero-order chi connectivity index (χ0) is 33.7. The maximum absolute atomic E-state index is 6.68. The van der Waals surface area contributed by atoms with Crippen LogP contribution in [0.15, 0.2) is 180 Å². The van der Waals surface area contributed by atoms with Crippen LogP contribution in [0.1, 0.15) is 0 Å². The van der Waals surface area contributed by atoms with Crippen molar-refractivity contribution in [2.45, 2.75) is 0 Å². The first kappa shape index (κ1) is 29.0. The quantitative estimate of drug-likeness (QED) is 0.186. The van der Waals surface area contributed by atoms with Gasteiger partial charge in [0, 0.05) is 33.0 Å². The molecule has 0 unspecified atom stereocenters. The number of fused-ring (bicyclic) bond motifs is 5. The summed E-state index contributed by atoms with van der Waals surface area (Å²) in [5, 5.41) is 6.78. The van der Waals surface area contributed by atoms with Crippen molar-refractivity contribution in [3.05, 3.63) is 176 Å². The molecule has 0 amide bonds. The summed E-state index contributed by atoms with van der Waals surface area (Å²) in [6, 6.07) is 61.1.